The first kappa shape index (κ1) is 17.9. The summed E-state index contributed by atoms with van der Waals surface area (Å²) >= 11 is 1.20. The Morgan fingerprint density at radius 2 is 2.12 bits per heavy atom. The van der Waals surface area contributed by atoms with Gasteiger partial charge in [-0.2, -0.15) is 4.99 Å². The standard InChI is InChI=1S/C17H14FN3O4S/c1-25-9-8-20-14-10-11(21(23)24)6-7-15(14)26-17(20)19-16(22)12-4-2-3-5-13(12)18/h2-7,10H,8-9H2,1H3. The number of fused-ring (bicyclic) bond motifs is 1. The molecule has 1 amide bonds. The average molecular weight is 375 g/mol. The van der Waals surface area contributed by atoms with Gasteiger partial charge in [0.2, 0.25) is 0 Å². The molecular weight excluding hydrogens is 361 g/mol. The number of aromatic nitrogens is 1. The number of hydrogen-bond acceptors (Lipinski definition) is 5. The Bertz CT molecular complexity index is 1060. The number of carbonyl (C=O) groups is 1. The van der Waals surface area contributed by atoms with Crippen LogP contribution in [0.3, 0.4) is 0 Å². The molecule has 0 N–H and O–H groups in total. The normalized spacial score (nSPS) is 11.8. The topological polar surface area (TPSA) is 86.7 Å². The summed E-state index contributed by atoms with van der Waals surface area (Å²) in [6.45, 7) is 0.677. The van der Waals surface area contributed by atoms with Crippen LogP contribution in [0.25, 0.3) is 10.2 Å². The van der Waals surface area contributed by atoms with Gasteiger partial charge in [0.1, 0.15) is 5.82 Å². The number of nitrogens with zero attached hydrogens (tertiary/aromatic N) is 3. The summed E-state index contributed by atoms with van der Waals surface area (Å²) in [6, 6.07) is 10.0. The fourth-order valence-electron chi connectivity index (χ4n) is 2.44. The number of halogens is 1. The summed E-state index contributed by atoms with van der Waals surface area (Å²) in [6.07, 6.45) is 0. The number of nitro benzene ring substituents is 1. The Hall–Kier alpha value is -2.91. The molecule has 3 aromatic rings. The van der Waals surface area contributed by atoms with Gasteiger partial charge in [-0.25, -0.2) is 4.39 Å². The minimum absolute atomic E-state index is 0.0616. The second-order valence-corrected chi connectivity index (χ2v) is 6.34. The van der Waals surface area contributed by atoms with E-state index in [1.807, 2.05) is 0 Å². The van der Waals surface area contributed by atoms with E-state index in [-0.39, 0.29) is 11.3 Å². The summed E-state index contributed by atoms with van der Waals surface area (Å²) in [5, 5.41) is 11.0. The number of amides is 1. The molecule has 0 unspecified atom stereocenters. The van der Waals surface area contributed by atoms with Crippen molar-refractivity contribution in [2.75, 3.05) is 13.7 Å². The highest BCUT2D eigenvalue weighted by atomic mass is 32.1. The zero-order valence-corrected chi connectivity index (χ0v) is 14.5. The summed E-state index contributed by atoms with van der Waals surface area (Å²) in [5.74, 6) is -1.36. The number of non-ortho nitro benzene ring substituents is 1. The van der Waals surface area contributed by atoms with E-state index in [1.165, 1.54) is 48.8 Å². The molecule has 1 aromatic heterocycles. The SMILES string of the molecule is COCCn1c(=NC(=O)c2ccccc2F)sc2ccc([N+](=O)[O-])cc21. The van der Waals surface area contributed by atoms with Crippen molar-refractivity contribution in [3.63, 3.8) is 0 Å². The van der Waals surface area contributed by atoms with E-state index in [0.29, 0.717) is 23.5 Å². The summed E-state index contributed by atoms with van der Waals surface area (Å²) < 4.78 is 21.3. The van der Waals surface area contributed by atoms with Gasteiger partial charge in [-0.1, -0.05) is 23.5 Å². The Morgan fingerprint density at radius 3 is 2.81 bits per heavy atom. The third-order valence-corrected chi connectivity index (χ3v) is 4.76. The van der Waals surface area contributed by atoms with E-state index in [4.69, 9.17) is 4.74 Å². The van der Waals surface area contributed by atoms with Crippen molar-refractivity contribution in [2.45, 2.75) is 6.54 Å². The van der Waals surface area contributed by atoms with Crippen LogP contribution in [0.2, 0.25) is 0 Å². The Balaban J connectivity index is 2.16. The van der Waals surface area contributed by atoms with Crippen LogP contribution in [-0.4, -0.2) is 29.1 Å². The van der Waals surface area contributed by atoms with Crippen LogP contribution in [0.4, 0.5) is 10.1 Å². The van der Waals surface area contributed by atoms with Gasteiger partial charge in [-0.3, -0.25) is 14.9 Å². The number of ether oxygens (including phenoxy) is 1. The maximum atomic E-state index is 13.8. The zero-order valence-electron chi connectivity index (χ0n) is 13.7. The third kappa shape index (κ3) is 3.53. The van der Waals surface area contributed by atoms with Crippen LogP contribution in [0.15, 0.2) is 47.5 Å². The molecule has 0 atom stereocenters. The van der Waals surface area contributed by atoms with Gasteiger partial charge >= 0.3 is 0 Å². The molecule has 0 fully saturated rings. The molecule has 1 heterocycles. The first-order chi connectivity index (χ1) is 12.5. The molecule has 0 saturated carbocycles. The molecule has 0 spiro atoms. The Labute approximate surface area is 151 Å². The van der Waals surface area contributed by atoms with Crippen molar-refractivity contribution in [3.05, 3.63) is 68.8 Å². The monoisotopic (exact) mass is 375 g/mol. The largest absolute Gasteiger partial charge is 0.383 e. The van der Waals surface area contributed by atoms with Gasteiger partial charge in [-0.15, -0.1) is 0 Å². The molecule has 0 aliphatic heterocycles. The van der Waals surface area contributed by atoms with Crippen molar-refractivity contribution < 1.29 is 18.8 Å². The highest BCUT2D eigenvalue weighted by Gasteiger charge is 2.14. The average Bonchev–Trinajstić information content (AvgIpc) is 2.96. The first-order valence-electron chi connectivity index (χ1n) is 7.61. The lowest BCUT2D eigenvalue weighted by Gasteiger charge is -2.04. The Kier molecular flexibility index (Phi) is 5.19. The lowest BCUT2D eigenvalue weighted by molar-refractivity contribution is -0.384. The van der Waals surface area contributed by atoms with Crippen LogP contribution in [-0.2, 0) is 11.3 Å². The van der Waals surface area contributed by atoms with Gasteiger partial charge in [0.15, 0.2) is 4.80 Å². The highest BCUT2D eigenvalue weighted by molar-refractivity contribution is 7.16. The summed E-state index contributed by atoms with van der Waals surface area (Å²) in [4.78, 5) is 27.3. The number of thiazole rings is 1. The van der Waals surface area contributed by atoms with Crippen LogP contribution < -0.4 is 4.80 Å². The molecule has 2 aromatic carbocycles. The maximum Gasteiger partial charge on any atom is 0.282 e. The lowest BCUT2D eigenvalue weighted by atomic mass is 10.2. The summed E-state index contributed by atoms with van der Waals surface area (Å²) in [7, 11) is 1.53. The van der Waals surface area contributed by atoms with E-state index in [2.05, 4.69) is 4.99 Å². The molecule has 0 radical (unpaired) electrons. The van der Waals surface area contributed by atoms with Crippen LogP contribution in [0.1, 0.15) is 10.4 Å². The van der Waals surface area contributed by atoms with Crippen molar-refractivity contribution in [3.8, 4) is 0 Å². The molecule has 0 aliphatic rings. The number of rotatable bonds is 5. The molecule has 0 bridgehead atoms. The van der Waals surface area contributed by atoms with Gasteiger partial charge in [0.05, 0.1) is 27.3 Å². The van der Waals surface area contributed by atoms with Crippen molar-refractivity contribution in [2.24, 2.45) is 4.99 Å². The molecule has 0 saturated heterocycles. The molecule has 26 heavy (non-hydrogen) atoms. The number of carbonyl (C=O) groups excluding carboxylic acids is 1. The number of hydrogen-bond donors (Lipinski definition) is 0. The van der Waals surface area contributed by atoms with E-state index in [9.17, 15) is 19.3 Å². The Morgan fingerprint density at radius 1 is 1.35 bits per heavy atom. The maximum absolute atomic E-state index is 13.8. The predicted molar refractivity (Wildman–Crippen MR) is 94.6 cm³/mol. The molecule has 9 heteroatoms. The molecule has 134 valence electrons. The second kappa shape index (κ2) is 7.54. The third-order valence-electron chi connectivity index (χ3n) is 3.70. The van der Waals surface area contributed by atoms with Gasteiger partial charge in [-0.05, 0) is 18.2 Å². The highest BCUT2D eigenvalue weighted by Crippen LogP contribution is 2.23. The van der Waals surface area contributed by atoms with Crippen LogP contribution >= 0.6 is 11.3 Å². The van der Waals surface area contributed by atoms with E-state index >= 15 is 0 Å². The van der Waals surface area contributed by atoms with E-state index < -0.39 is 16.6 Å². The van der Waals surface area contributed by atoms with Gasteiger partial charge in [0, 0.05) is 25.8 Å². The quantitative estimate of drug-likeness (QED) is 0.506. The fourth-order valence-corrected chi connectivity index (χ4v) is 3.47. The smallest absolute Gasteiger partial charge is 0.282 e. The number of methoxy groups -OCH3 is 1. The summed E-state index contributed by atoms with van der Waals surface area (Å²) in [5.41, 5.74) is 0.379. The van der Waals surface area contributed by atoms with Crippen LogP contribution in [0.5, 0.6) is 0 Å². The molecular formula is C17H14FN3O4S. The predicted octanol–water partition coefficient (Wildman–Crippen LogP) is 3.14. The number of nitro groups is 1. The fraction of sp³-hybridized carbons (Fsp3) is 0.176. The zero-order chi connectivity index (χ0) is 18.7. The van der Waals surface area contributed by atoms with Crippen molar-refractivity contribution >= 4 is 33.1 Å². The van der Waals surface area contributed by atoms with Gasteiger partial charge < -0.3 is 9.30 Å². The first-order valence-corrected chi connectivity index (χ1v) is 8.43. The van der Waals surface area contributed by atoms with Crippen LogP contribution in [0, 0.1) is 15.9 Å². The minimum atomic E-state index is -0.713. The van der Waals surface area contributed by atoms with E-state index in [0.717, 1.165) is 4.70 Å². The molecule has 0 aliphatic carbocycles. The van der Waals surface area contributed by atoms with Crippen molar-refractivity contribution in [1.82, 2.24) is 4.57 Å². The minimum Gasteiger partial charge on any atom is -0.383 e. The van der Waals surface area contributed by atoms with Crippen molar-refractivity contribution in [1.29, 1.82) is 0 Å². The molecule has 7 nitrogen and oxygen atoms in total. The van der Waals surface area contributed by atoms with E-state index in [1.54, 1.807) is 16.7 Å². The van der Waals surface area contributed by atoms with Gasteiger partial charge in [0.25, 0.3) is 11.6 Å². The number of benzene rings is 2. The lowest BCUT2D eigenvalue weighted by Crippen LogP contribution is -2.19. The molecule has 3 rings (SSSR count). The second-order valence-electron chi connectivity index (χ2n) is 5.34.